The lowest BCUT2D eigenvalue weighted by Gasteiger charge is -2.05. The number of aryl methyl sites for hydroxylation is 1. The first-order valence-electron chi connectivity index (χ1n) is 5.83. The van der Waals surface area contributed by atoms with Gasteiger partial charge in [0.05, 0.1) is 5.52 Å². The Morgan fingerprint density at radius 2 is 2.10 bits per heavy atom. The summed E-state index contributed by atoms with van der Waals surface area (Å²) in [6.45, 7) is 0. The fourth-order valence-corrected chi connectivity index (χ4v) is 2.52. The number of halogens is 1. The molecule has 2 aromatic heterocycles. The summed E-state index contributed by atoms with van der Waals surface area (Å²) in [6, 6.07) is 8.99. The van der Waals surface area contributed by atoms with E-state index in [4.69, 9.17) is 5.73 Å². The molecule has 0 amide bonds. The summed E-state index contributed by atoms with van der Waals surface area (Å²) in [5, 5.41) is 8.41. The van der Waals surface area contributed by atoms with Gasteiger partial charge in [-0.1, -0.05) is 23.4 Å². The van der Waals surface area contributed by atoms with Gasteiger partial charge in [-0.3, -0.25) is 4.79 Å². The molecule has 6 nitrogen and oxygen atoms in total. The largest absolute Gasteiger partial charge is 0.398 e. The van der Waals surface area contributed by atoms with E-state index in [1.807, 2.05) is 24.3 Å². The van der Waals surface area contributed by atoms with E-state index in [1.54, 1.807) is 13.1 Å². The topological polar surface area (TPSA) is 86.7 Å². The van der Waals surface area contributed by atoms with E-state index in [1.165, 1.54) is 4.68 Å². The number of hydrogen-bond acceptors (Lipinski definition) is 5. The molecule has 0 aliphatic heterocycles. The molecule has 3 aromatic rings. The lowest BCUT2D eigenvalue weighted by Crippen LogP contribution is -2.11. The number of carbonyl (C=O) groups is 1. The van der Waals surface area contributed by atoms with Crippen LogP contribution in [0.5, 0.6) is 0 Å². The molecule has 7 heteroatoms. The highest BCUT2D eigenvalue weighted by Gasteiger charge is 2.20. The fraction of sp³-hybridized carbons (Fsp3) is 0.0769. The maximum absolute atomic E-state index is 12.5. The second-order valence-corrected chi connectivity index (χ2v) is 5.05. The average molecular weight is 332 g/mol. The van der Waals surface area contributed by atoms with Gasteiger partial charge >= 0.3 is 0 Å². The van der Waals surface area contributed by atoms with E-state index in [0.29, 0.717) is 21.5 Å². The number of nitrogen functional groups attached to an aromatic ring is 1. The maximum Gasteiger partial charge on any atom is 0.232 e. The Labute approximate surface area is 122 Å². The molecule has 2 heterocycles. The zero-order chi connectivity index (χ0) is 14.3. The van der Waals surface area contributed by atoms with E-state index in [2.05, 4.69) is 31.2 Å². The SMILES string of the molecule is Cn1nnc(Br)c1C(=O)c1cc(N)c2ccccc2n1. The normalized spacial score (nSPS) is 10.9. The van der Waals surface area contributed by atoms with Gasteiger partial charge in [0.25, 0.3) is 0 Å². The number of para-hydroxylation sites is 1. The molecule has 0 radical (unpaired) electrons. The zero-order valence-corrected chi connectivity index (χ0v) is 12.1. The third-order valence-corrected chi connectivity index (χ3v) is 3.52. The Balaban J connectivity index is 2.18. The van der Waals surface area contributed by atoms with Crippen LogP contribution in [0.3, 0.4) is 0 Å². The Kier molecular flexibility index (Phi) is 2.98. The van der Waals surface area contributed by atoms with Crippen LogP contribution >= 0.6 is 15.9 Å². The van der Waals surface area contributed by atoms with Crippen molar-refractivity contribution in [2.45, 2.75) is 0 Å². The van der Waals surface area contributed by atoms with Crippen LogP contribution in [0.2, 0.25) is 0 Å². The molecule has 2 N–H and O–H groups in total. The Hall–Kier alpha value is -2.28. The van der Waals surface area contributed by atoms with Gasteiger partial charge in [-0.25, -0.2) is 9.67 Å². The lowest BCUT2D eigenvalue weighted by atomic mass is 10.1. The highest BCUT2D eigenvalue weighted by atomic mass is 79.9. The van der Waals surface area contributed by atoms with E-state index < -0.39 is 0 Å². The predicted octanol–water partition coefficient (Wildman–Crippen LogP) is 1.94. The van der Waals surface area contributed by atoms with Gasteiger partial charge in [0.1, 0.15) is 11.4 Å². The van der Waals surface area contributed by atoms with Gasteiger partial charge in [-0.15, -0.1) is 5.10 Å². The minimum Gasteiger partial charge on any atom is -0.398 e. The van der Waals surface area contributed by atoms with Gasteiger partial charge in [-0.05, 0) is 28.1 Å². The fourth-order valence-electron chi connectivity index (χ4n) is 2.01. The second-order valence-electron chi connectivity index (χ2n) is 4.30. The summed E-state index contributed by atoms with van der Waals surface area (Å²) in [4.78, 5) is 16.9. The first-order chi connectivity index (χ1) is 9.58. The molecule has 0 aliphatic carbocycles. The number of ketones is 1. The van der Waals surface area contributed by atoms with Gasteiger partial charge in [-0.2, -0.15) is 0 Å². The number of rotatable bonds is 2. The molecule has 0 saturated carbocycles. The van der Waals surface area contributed by atoms with E-state index in [0.717, 1.165) is 5.39 Å². The Bertz CT molecular complexity index is 807. The van der Waals surface area contributed by atoms with Crippen LogP contribution in [-0.2, 0) is 7.05 Å². The van der Waals surface area contributed by atoms with Crippen molar-refractivity contribution in [3.63, 3.8) is 0 Å². The number of carbonyl (C=O) groups excluding carboxylic acids is 1. The molecule has 3 rings (SSSR count). The molecule has 0 spiro atoms. The first kappa shape index (κ1) is 12.7. The third kappa shape index (κ3) is 1.96. The minimum absolute atomic E-state index is 0.271. The van der Waals surface area contributed by atoms with Gasteiger partial charge < -0.3 is 5.73 Å². The lowest BCUT2D eigenvalue weighted by molar-refractivity contribution is 0.102. The zero-order valence-electron chi connectivity index (χ0n) is 10.5. The van der Waals surface area contributed by atoms with Crippen molar-refractivity contribution in [3.8, 4) is 0 Å². The quantitative estimate of drug-likeness (QED) is 0.725. The van der Waals surface area contributed by atoms with Crippen molar-refractivity contribution in [1.29, 1.82) is 0 Å². The highest BCUT2D eigenvalue weighted by molar-refractivity contribution is 9.10. The molecule has 0 aliphatic rings. The van der Waals surface area contributed by atoms with Gasteiger partial charge in [0.2, 0.25) is 5.78 Å². The Morgan fingerprint density at radius 3 is 2.80 bits per heavy atom. The number of hydrogen-bond donors (Lipinski definition) is 1. The van der Waals surface area contributed by atoms with Crippen molar-refractivity contribution in [1.82, 2.24) is 20.0 Å². The predicted molar refractivity (Wildman–Crippen MR) is 78.3 cm³/mol. The number of nitrogens with zero attached hydrogens (tertiary/aromatic N) is 4. The monoisotopic (exact) mass is 331 g/mol. The van der Waals surface area contributed by atoms with E-state index in [9.17, 15) is 4.79 Å². The summed E-state index contributed by atoms with van der Waals surface area (Å²) in [7, 11) is 1.65. The first-order valence-corrected chi connectivity index (χ1v) is 6.62. The van der Waals surface area contributed by atoms with Crippen molar-refractivity contribution in [2.24, 2.45) is 7.05 Å². The van der Waals surface area contributed by atoms with Crippen LogP contribution in [-0.4, -0.2) is 25.8 Å². The molecule has 0 bridgehead atoms. The molecule has 0 atom stereocenters. The summed E-state index contributed by atoms with van der Waals surface area (Å²) < 4.78 is 1.79. The number of nitrogens with two attached hydrogens (primary N) is 1. The summed E-state index contributed by atoms with van der Waals surface area (Å²) in [6.07, 6.45) is 0. The second kappa shape index (κ2) is 4.68. The molecule has 0 unspecified atom stereocenters. The number of aromatic nitrogens is 4. The van der Waals surface area contributed by atoms with Crippen molar-refractivity contribution in [3.05, 3.63) is 46.3 Å². The molecular weight excluding hydrogens is 322 g/mol. The number of fused-ring (bicyclic) bond motifs is 1. The smallest absolute Gasteiger partial charge is 0.232 e. The number of benzene rings is 1. The van der Waals surface area contributed by atoms with Crippen molar-refractivity contribution < 1.29 is 4.79 Å². The summed E-state index contributed by atoms with van der Waals surface area (Å²) >= 11 is 3.21. The molecule has 20 heavy (non-hydrogen) atoms. The van der Waals surface area contributed by atoms with Crippen molar-refractivity contribution in [2.75, 3.05) is 5.73 Å². The molecule has 100 valence electrons. The van der Waals surface area contributed by atoms with Crippen LogP contribution in [0, 0.1) is 0 Å². The van der Waals surface area contributed by atoms with E-state index in [-0.39, 0.29) is 11.5 Å². The van der Waals surface area contributed by atoms with Crippen LogP contribution in [0.15, 0.2) is 34.9 Å². The summed E-state index contributed by atoms with van der Waals surface area (Å²) in [5.41, 5.74) is 7.79. The van der Waals surface area contributed by atoms with Crippen molar-refractivity contribution >= 4 is 38.3 Å². The van der Waals surface area contributed by atoms with Gasteiger partial charge in [0.15, 0.2) is 4.60 Å². The van der Waals surface area contributed by atoms with Crippen LogP contribution < -0.4 is 5.73 Å². The minimum atomic E-state index is -0.276. The number of anilines is 1. The van der Waals surface area contributed by atoms with Gasteiger partial charge in [0, 0.05) is 18.1 Å². The standard InChI is InChI=1S/C13H10BrN5O/c1-19-11(13(14)17-18-19)12(20)10-6-8(15)7-4-2-3-5-9(7)16-10/h2-6H,1H3,(H2,15,16). The van der Waals surface area contributed by atoms with Crippen LogP contribution in [0.25, 0.3) is 10.9 Å². The molecule has 0 fully saturated rings. The average Bonchev–Trinajstić information content (AvgIpc) is 2.77. The molecule has 0 saturated heterocycles. The third-order valence-electron chi connectivity index (χ3n) is 2.98. The Morgan fingerprint density at radius 1 is 1.35 bits per heavy atom. The van der Waals surface area contributed by atoms with Crippen LogP contribution in [0.4, 0.5) is 5.69 Å². The van der Waals surface area contributed by atoms with Crippen LogP contribution in [0.1, 0.15) is 16.2 Å². The molecular formula is C13H10BrN5O. The van der Waals surface area contributed by atoms with E-state index >= 15 is 0 Å². The molecule has 1 aromatic carbocycles. The highest BCUT2D eigenvalue weighted by Crippen LogP contribution is 2.23. The summed E-state index contributed by atoms with van der Waals surface area (Å²) in [5.74, 6) is -0.276. The maximum atomic E-state index is 12.5. The number of pyridine rings is 1.